The number of hydrogen-bond acceptors (Lipinski definition) is 5. The van der Waals surface area contributed by atoms with E-state index in [0.29, 0.717) is 15.1 Å². The summed E-state index contributed by atoms with van der Waals surface area (Å²) in [5, 5.41) is 6.42. The summed E-state index contributed by atoms with van der Waals surface area (Å²) >= 11 is 8.93. The normalized spacial score (nSPS) is 16.4. The molecular weight excluding hydrogens is 453 g/mol. The van der Waals surface area contributed by atoms with Crippen LogP contribution in [-0.4, -0.2) is 16.1 Å². The van der Waals surface area contributed by atoms with E-state index < -0.39 is 5.82 Å². The fraction of sp³-hybridized carbons (Fsp3) is 0. The van der Waals surface area contributed by atoms with Crippen molar-refractivity contribution in [2.45, 2.75) is 0 Å². The van der Waals surface area contributed by atoms with Crippen molar-refractivity contribution in [1.82, 2.24) is 10.3 Å². The molecule has 1 N–H and O–H groups in total. The zero-order valence-electron chi connectivity index (χ0n) is 15.8. The van der Waals surface area contributed by atoms with Crippen molar-refractivity contribution in [3.8, 4) is 10.4 Å². The fourth-order valence-corrected chi connectivity index (χ4v) is 4.97. The van der Waals surface area contributed by atoms with Crippen LogP contribution < -0.4 is 5.32 Å². The number of benzene rings is 2. The number of pyridine rings is 1. The van der Waals surface area contributed by atoms with Crippen LogP contribution in [0, 0.1) is 5.82 Å². The van der Waals surface area contributed by atoms with Crippen LogP contribution in [0.1, 0.15) is 5.56 Å². The number of aliphatic imine (C=N–C) groups is 1. The lowest BCUT2D eigenvalue weighted by molar-refractivity contribution is -0.115. The van der Waals surface area contributed by atoms with E-state index in [1.807, 2.05) is 35.7 Å². The molecule has 1 saturated heterocycles. The highest BCUT2D eigenvalue weighted by Gasteiger charge is 2.24. The van der Waals surface area contributed by atoms with Crippen LogP contribution in [0.2, 0.25) is 5.02 Å². The number of nitrogens with one attached hydrogen (secondary N) is 1. The second kappa shape index (κ2) is 8.26. The van der Waals surface area contributed by atoms with Crippen molar-refractivity contribution < 1.29 is 9.18 Å². The van der Waals surface area contributed by atoms with Crippen molar-refractivity contribution in [3.05, 3.63) is 87.5 Å². The molecule has 8 heteroatoms. The van der Waals surface area contributed by atoms with Crippen LogP contribution >= 0.6 is 34.7 Å². The number of carbonyl (C=O) groups excluding carboxylic acids is 1. The van der Waals surface area contributed by atoms with Gasteiger partial charge in [-0.25, -0.2) is 9.38 Å². The molecule has 5 rings (SSSR count). The van der Waals surface area contributed by atoms with Gasteiger partial charge in [-0.15, -0.1) is 11.3 Å². The number of rotatable bonds is 3. The third-order valence-electron chi connectivity index (χ3n) is 4.63. The average molecular weight is 466 g/mol. The number of fused-ring (bicyclic) bond motifs is 1. The SMILES string of the molecule is O=C1NC(=Nc2cc(F)ccc2Cl)SC1=Cc1ccc2nccc(-c3cccs3)c2c1. The zero-order valence-corrected chi connectivity index (χ0v) is 18.2. The minimum absolute atomic E-state index is 0.263. The number of thiophene rings is 1. The Morgan fingerprint density at radius 2 is 2.03 bits per heavy atom. The maximum atomic E-state index is 13.5. The van der Waals surface area contributed by atoms with Crippen molar-refractivity contribution in [2.24, 2.45) is 4.99 Å². The lowest BCUT2D eigenvalue weighted by Gasteiger charge is -2.05. The average Bonchev–Trinajstić information content (AvgIpc) is 3.41. The molecule has 1 fully saturated rings. The van der Waals surface area contributed by atoms with Crippen LogP contribution in [-0.2, 0) is 4.79 Å². The van der Waals surface area contributed by atoms with Gasteiger partial charge < -0.3 is 5.32 Å². The summed E-state index contributed by atoms with van der Waals surface area (Å²) in [6.07, 6.45) is 3.61. The summed E-state index contributed by atoms with van der Waals surface area (Å²) < 4.78 is 13.5. The largest absolute Gasteiger partial charge is 0.300 e. The van der Waals surface area contributed by atoms with Gasteiger partial charge in [0.05, 0.1) is 21.1 Å². The van der Waals surface area contributed by atoms with Crippen molar-refractivity contribution in [1.29, 1.82) is 0 Å². The fourth-order valence-electron chi connectivity index (χ4n) is 3.21. The Morgan fingerprint density at radius 1 is 1.13 bits per heavy atom. The van der Waals surface area contributed by atoms with E-state index in [4.69, 9.17) is 11.6 Å². The summed E-state index contributed by atoms with van der Waals surface area (Å²) in [7, 11) is 0. The van der Waals surface area contributed by atoms with E-state index >= 15 is 0 Å². The molecule has 0 aliphatic carbocycles. The molecule has 1 amide bonds. The van der Waals surface area contributed by atoms with Crippen molar-refractivity contribution in [2.75, 3.05) is 0 Å². The van der Waals surface area contributed by atoms with Crippen LogP contribution in [0.5, 0.6) is 0 Å². The van der Waals surface area contributed by atoms with Gasteiger partial charge in [-0.2, -0.15) is 0 Å². The number of amidine groups is 1. The van der Waals surface area contributed by atoms with E-state index in [0.717, 1.165) is 26.9 Å². The standard InChI is InChI=1S/C23H13ClFN3OS2/c24-17-5-4-14(25)12-19(17)27-23-28-22(29)21(31-23)11-13-3-6-18-16(10-13)15(7-8-26-18)20-2-1-9-30-20/h1-12H,(H,27,28,29). The van der Waals surface area contributed by atoms with Gasteiger partial charge in [-0.1, -0.05) is 23.7 Å². The second-order valence-electron chi connectivity index (χ2n) is 6.69. The molecule has 1 aliphatic rings. The van der Waals surface area contributed by atoms with Gasteiger partial charge in [0, 0.05) is 28.1 Å². The molecule has 0 spiro atoms. The smallest absolute Gasteiger partial charge is 0.264 e. The Bertz CT molecular complexity index is 1380. The number of hydrogen-bond donors (Lipinski definition) is 1. The molecule has 0 unspecified atom stereocenters. The topological polar surface area (TPSA) is 54.4 Å². The lowest BCUT2D eigenvalue weighted by atomic mass is 10.0. The minimum atomic E-state index is -0.444. The predicted octanol–water partition coefficient (Wildman–Crippen LogP) is 6.65. The Labute approximate surface area is 190 Å². The molecule has 0 saturated carbocycles. The molecule has 0 atom stereocenters. The molecule has 2 aromatic carbocycles. The zero-order chi connectivity index (χ0) is 21.4. The lowest BCUT2D eigenvalue weighted by Crippen LogP contribution is -2.19. The molecular formula is C23H13ClFN3OS2. The minimum Gasteiger partial charge on any atom is -0.300 e. The first-order valence-electron chi connectivity index (χ1n) is 9.24. The molecule has 152 valence electrons. The van der Waals surface area contributed by atoms with E-state index in [2.05, 4.69) is 21.4 Å². The van der Waals surface area contributed by atoms with Gasteiger partial charge in [0.25, 0.3) is 5.91 Å². The van der Waals surface area contributed by atoms with E-state index in [1.54, 1.807) is 23.6 Å². The molecule has 2 aromatic heterocycles. The maximum Gasteiger partial charge on any atom is 0.264 e. The number of nitrogens with zero attached hydrogens (tertiary/aromatic N) is 2. The van der Waals surface area contributed by atoms with E-state index in [-0.39, 0.29) is 11.6 Å². The third kappa shape index (κ3) is 4.12. The highest BCUT2D eigenvalue weighted by atomic mass is 35.5. The number of carbonyl (C=O) groups is 1. The molecule has 3 heterocycles. The van der Waals surface area contributed by atoms with Gasteiger partial charge in [0.2, 0.25) is 0 Å². The Balaban J connectivity index is 1.49. The maximum absolute atomic E-state index is 13.5. The van der Waals surface area contributed by atoms with Gasteiger partial charge in [-0.3, -0.25) is 9.78 Å². The molecule has 0 radical (unpaired) electrons. The molecule has 4 nitrogen and oxygen atoms in total. The van der Waals surface area contributed by atoms with Gasteiger partial charge >= 0.3 is 0 Å². The third-order valence-corrected chi connectivity index (χ3v) is 6.76. The first-order chi connectivity index (χ1) is 15.1. The van der Waals surface area contributed by atoms with E-state index in [1.165, 1.54) is 30.0 Å². The van der Waals surface area contributed by atoms with Crippen LogP contribution in [0.25, 0.3) is 27.4 Å². The monoisotopic (exact) mass is 465 g/mol. The summed E-state index contributed by atoms with van der Waals surface area (Å²) in [5.74, 6) is -0.707. The number of thioether (sulfide) groups is 1. The summed E-state index contributed by atoms with van der Waals surface area (Å²) in [6, 6.07) is 15.9. The first-order valence-corrected chi connectivity index (χ1v) is 11.3. The summed E-state index contributed by atoms with van der Waals surface area (Å²) in [6.45, 7) is 0. The quantitative estimate of drug-likeness (QED) is 0.345. The Morgan fingerprint density at radius 3 is 2.87 bits per heavy atom. The molecule has 0 bridgehead atoms. The Hall–Kier alpha value is -3.00. The first kappa shape index (κ1) is 19.9. The van der Waals surface area contributed by atoms with Gasteiger partial charge in [0.15, 0.2) is 5.17 Å². The Kier molecular flexibility index (Phi) is 5.31. The second-order valence-corrected chi connectivity index (χ2v) is 9.08. The van der Waals surface area contributed by atoms with E-state index in [9.17, 15) is 9.18 Å². The molecule has 1 aliphatic heterocycles. The number of aromatic nitrogens is 1. The van der Waals surface area contributed by atoms with Crippen LogP contribution in [0.4, 0.5) is 10.1 Å². The summed E-state index contributed by atoms with van der Waals surface area (Å²) in [4.78, 5) is 22.8. The predicted molar refractivity (Wildman–Crippen MR) is 127 cm³/mol. The number of amides is 1. The van der Waals surface area contributed by atoms with Crippen molar-refractivity contribution in [3.63, 3.8) is 0 Å². The highest BCUT2D eigenvalue weighted by molar-refractivity contribution is 8.18. The van der Waals surface area contributed by atoms with Crippen LogP contribution in [0.15, 0.2) is 76.1 Å². The van der Waals surface area contributed by atoms with Gasteiger partial charge in [0.1, 0.15) is 5.82 Å². The van der Waals surface area contributed by atoms with Gasteiger partial charge in [-0.05, 0) is 65.2 Å². The highest BCUT2D eigenvalue weighted by Crippen LogP contribution is 2.34. The van der Waals surface area contributed by atoms with Crippen molar-refractivity contribution >= 4 is 68.4 Å². The number of halogens is 2. The summed E-state index contributed by atoms with van der Waals surface area (Å²) in [5.41, 5.74) is 3.13. The van der Waals surface area contributed by atoms with Crippen LogP contribution in [0.3, 0.4) is 0 Å². The molecule has 31 heavy (non-hydrogen) atoms. The molecule has 4 aromatic rings.